The minimum absolute atomic E-state index is 0.00959. The van der Waals surface area contributed by atoms with Crippen LogP contribution in [0.15, 0.2) is 54.6 Å². The summed E-state index contributed by atoms with van der Waals surface area (Å²) in [4.78, 5) is 75.4. The first-order valence-electron chi connectivity index (χ1n) is 14.2. The fourth-order valence-electron chi connectivity index (χ4n) is 4.03. The van der Waals surface area contributed by atoms with E-state index >= 15 is 0 Å². The zero-order chi connectivity index (χ0) is 33.5. The number of phenolic OH excluding ortho intramolecular Hbond substituents is 1. The molecule has 0 radical (unpaired) electrons. The number of halogens is 1. The zero-order valence-electron chi connectivity index (χ0n) is 25.5. The van der Waals surface area contributed by atoms with Crippen LogP contribution in [0.3, 0.4) is 0 Å². The van der Waals surface area contributed by atoms with Crippen molar-refractivity contribution in [1.82, 2.24) is 21.3 Å². The molecule has 0 fully saturated rings. The highest BCUT2D eigenvalue weighted by Gasteiger charge is 2.32. The van der Waals surface area contributed by atoms with Gasteiger partial charge in [-0.05, 0) is 36.1 Å². The fraction of sp³-hybridized carbons (Fsp3) is 0.419. The Bertz CT molecular complexity index is 1320. The second-order valence-electron chi connectivity index (χ2n) is 10.5. The molecule has 0 saturated heterocycles. The molecule has 2 rings (SSSR count). The first-order valence-corrected chi connectivity index (χ1v) is 14.2. The number of methoxy groups -OCH3 is 1. The Kier molecular flexibility index (Phi) is 14.4. The van der Waals surface area contributed by atoms with E-state index < -0.39 is 78.7 Å². The van der Waals surface area contributed by atoms with Gasteiger partial charge in [-0.3, -0.25) is 24.0 Å². The van der Waals surface area contributed by atoms with Crippen LogP contribution in [-0.4, -0.2) is 78.6 Å². The molecule has 0 aliphatic heterocycles. The highest BCUT2D eigenvalue weighted by molar-refractivity contribution is 5.96. The molecule has 0 aliphatic carbocycles. The summed E-state index contributed by atoms with van der Waals surface area (Å²) in [5.74, 6) is -4.72. The van der Waals surface area contributed by atoms with Crippen LogP contribution < -0.4 is 21.3 Å². The molecular formula is C31H39FN4O9. The Hall–Kier alpha value is -5.01. The Balaban J connectivity index is 2.13. The van der Waals surface area contributed by atoms with E-state index in [4.69, 9.17) is 4.74 Å². The zero-order valence-corrected chi connectivity index (χ0v) is 25.5. The SMILES string of the molecule is COC(=O)C[C@H](NC(=O)[C@H](C)NC(=O)[C@@H](NC(=O)C(Cc1ccc(O)cc1)NC(=O)OCc1ccccc1)C(C)C)C(=O)CF. The Morgan fingerprint density at radius 2 is 1.42 bits per heavy atom. The van der Waals surface area contributed by atoms with E-state index in [9.17, 15) is 38.3 Å². The van der Waals surface area contributed by atoms with Crippen molar-refractivity contribution >= 4 is 35.6 Å². The van der Waals surface area contributed by atoms with E-state index in [0.29, 0.717) is 5.56 Å². The maximum Gasteiger partial charge on any atom is 0.408 e. The standard InChI is InChI=1S/C31H39FN4O9/c1-18(2)27(30(42)33-19(3)28(40)34-23(25(38)16-32)15-26(39)44-4)36-29(41)24(14-20-10-12-22(37)13-11-20)35-31(43)45-17-21-8-6-5-7-9-21/h5-13,18-19,23-24,27,37H,14-17H2,1-4H3,(H,33,42)(H,34,40)(H,35,43)(H,36,41)/t19-,23-,24?,27-/m0/s1. The van der Waals surface area contributed by atoms with Gasteiger partial charge >= 0.3 is 12.1 Å². The molecule has 2 aromatic rings. The number of hydrogen-bond acceptors (Lipinski definition) is 9. The van der Waals surface area contributed by atoms with Gasteiger partial charge in [-0.15, -0.1) is 0 Å². The third-order valence-electron chi connectivity index (χ3n) is 6.63. The molecule has 4 atom stereocenters. The lowest BCUT2D eigenvalue weighted by Gasteiger charge is -2.27. The molecule has 13 nitrogen and oxygen atoms in total. The molecule has 5 N–H and O–H groups in total. The number of Topliss-reactive ketones (excluding diaryl/α,β-unsaturated/α-hetero) is 1. The number of alkyl halides is 1. The molecule has 0 aromatic heterocycles. The van der Waals surface area contributed by atoms with Gasteiger partial charge in [0, 0.05) is 6.42 Å². The van der Waals surface area contributed by atoms with Crippen LogP contribution in [0.2, 0.25) is 0 Å². The maximum absolute atomic E-state index is 13.4. The van der Waals surface area contributed by atoms with Crippen molar-refractivity contribution in [2.75, 3.05) is 13.8 Å². The molecule has 0 aliphatic rings. The van der Waals surface area contributed by atoms with Gasteiger partial charge in [-0.25, -0.2) is 9.18 Å². The second kappa shape index (κ2) is 18.0. The van der Waals surface area contributed by atoms with E-state index in [0.717, 1.165) is 12.7 Å². The van der Waals surface area contributed by atoms with E-state index in [1.54, 1.807) is 50.2 Å². The number of carbonyl (C=O) groups is 6. The normalized spacial score (nSPS) is 13.4. The summed E-state index contributed by atoms with van der Waals surface area (Å²) in [7, 11) is 1.07. The molecule has 1 unspecified atom stereocenters. The lowest BCUT2D eigenvalue weighted by molar-refractivity contribution is -0.143. The van der Waals surface area contributed by atoms with Crippen LogP contribution in [-0.2, 0) is 46.5 Å². The Labute approximate surface area is 260 Å². The third kappa shape index (κ3) is 12.3. The highest BCUT2D eigenvalue weighted by atomic mass is 19.1. The Morgan fingerprint density at radius 1 is 0.778 bits per heavy atom. The van der Waals surface area contributed by atoms with Crippen LogP contribution in [0.4, 0.5) is 9.18 Å². The van der Waals surface area contributed by atoms with Crippen LogP contribution in [0.25, 0.3) is 0 Å². The predicted molar refractivity (Wildman–Crippen MR) is 159 cm³/mol. The number of aromatic hydroxyl groups is 1. The number of ketones is 1. The molecule has 45 heavy (non-hydrogen) atoms. The van der Waals surface area contributed by atoms with Crippen molar-refractivity contribution in [2.24, 2.45) is 5.92 Å². The molecule has 0 heterocycles. The average molecular weight is 631 g/mol. The van der Waals surface area contributed by atoms with Crippen LogP contribution in [0.1, 0.15) is 38.3 Å². The summed E-state index contributed by atoms with van der Waals surface area (Å²) < 4.78 is 22.7. The molecule has 2 aromatic carbocycles. The van der Waals surface area contributed by atoms with Gasteiger partial charge < -0.3 is 35.8 Å². The molecule has 0 spiro atoms. The van der Waals surface area contributed by atoms with Crippen molar-refractivity contribution in [2.45, 2.75) is 64.4 Å². The number of ether oxygens (including phenoxy) is 2. The van der Waals surface area contributed by atoms with Crippen molar-refractivity contribution in [1.29, 1.82) is 0 Å². The van der Waals surface area contributed by atoms with Crippen molar-refractivity contribution in [3.63, 3.8) is 0 Å². The van der Waals surface area contributed by atoms with Crippen LogP contribution >= 0.6 is 0 Å². The summed E-state index contributed by atoms with van der Waals surface area (Å²) in [6, 6.07) is 9.77. The van der Waals surface area contributed by atoms with E-state index in [2.05, 4.69) is 26.0 Å². The summed E-state index contributed by atoms with van der Waals surface area (Å²) in [5, 5.41) is 19.4. The largest absolute Gasteiger partial charge is 0.508 e. The summed E-state index contributed by atoms with van der Waals surface area (Å²) in [5.41, 5.74) is 1.32. The number of esters is 1. The number of amides is 4. The number of nitrogens with one attached hydrogen (secondary N) is 4. The molecule has 0 bridgehead atoms. The summed E-state index contributed by atoms with van der Waals surface area (Å²) in [6.45, 7) is 3.13. The average Bonchev–Trinajstić information content (AvgIpc) is 3.02. The Morgan fingerprint density at radius 3 is 2.00 bits per heavy atom. The van der Waals surface area contributed by atoms with Crippen molar-refractivity contribution in [3.8, 4) is 5.75 Å². The number of hydrogen-bond donors (Lipinski definition) is 5. The van der Waals surface area contributed by atoms with Gasteiger partial charge in [-0.1, -0.05) is 56.3 Å². The molecular weight excluding hydrogens is 591 g/mol. The maximum atomic E-state index is 13.4. The topological polar surface area (TPSA) is 189 Å². The van der Waals surface area contributed by atoms with E-state index in [-0.39, 0.29) is 18.8 Å². The first-order chi connectivity index (χ1) is 21.3. The van der Waals surface area contributed by atoms with Crippen molar-refractivity contribution < 1.29 is 47.7 Å². The van der Waals surface area contributed by atoms with Gasteiger partial charge in [-0.2, -0.15) is 0 Å². The van der Waals surface area contributed by atoms with E-state index in [1.165, 1.54) is 19.1 Å². The molecule has 4 amide bonds. The van der Waals surface area contributed by atoms with Gasteiger partial charge in [0.25, 0.3) is 0 Å². The lowest BCUT2D eigenvalue weighted by Crippen LogP contribution is -2.58. The molecule has 244 valence electrons. The number of alkyl carbamates (subject to hydrolysis) is 1. The van der Waals surface area contributed by atoms with Gasteiger partial charge in [0.05, 0.1) is 13.5 Å². The summed E-state index contributed by atoms with van der Waals surface area (Å²) in [6.07, 6.45) is -1.49. The quantitative estimate of drug-likeness (QED) is 0.171. The minimum Gasteiger partial charge on any atom is -0.508 e. The van der Waals surface area contributed by atoms with Crippen LogP contribution in [0, 0.1) is 5.92 Å². The monoisotopic (exact) mass is 630 g/mol. The van der Waals surface area contributed by atoms with Gasteiger partial charge in [0.1, 0.15) is 43.2 Å². The second-order valence-corrected chi connectivity index (χ2v) is 10.5. The predicted octanol–water partition coefficient (Wildman–Crippen LogP) is 1.46. The first kappa shape index (κ1) is 36.2. The fourth-order valence-corrected chi connectivity index (χ4v) is 4.03. The van der Waals surface area contributed by atoms with Gasteiger partial charge in [0.15, 0.2) is 5.78 Å². The number of carbonyl (C=O) groups excluding carboxylic acids is 6. The minimum atomic E-state index is -1.50. The molecule has 14 heteroatoms. The van der Waals surface area contributed by atoms with Crippen molar-refractivity contribution in [3.05, 3.63) is 65.7 Å². The number of rotatable bonds is 16. The smallest absolute Gasteiger partial charge is 0.408 e. The number of phenols is 1. The highest BCUT2D eigenvalue weighted by Crippen LogP contribution is 2.13. The summed E-state index contributed by atoms with van der Waals surface area (Å²) >= 11 is 0. The molecule has 0 saturated carbocycles. The van der Waals surface area contributed by atoms with Gasteiger partial charge in [0.2, 0.25) is 17.7 Å². The van der Waals surface area contributed by atoms with E-state index in [1.807, 2.05) is 6.07 Å². The van der Waals surface area contributed by atoms with Crippen LogP contribution in [0.5, 0.6) is 5.75 Å². The lowest BCUT2D eigenvalue weighted by atomic mass is 10.0. The third-order valence-corrected chi connectivity index (χ3v) is 6.63. The number of benzene rings is 2.